The maximum absolute atomic E-state index is 12.0. The maximum atomic E-state index is 12.0. The molecule has 89 valence electrons. The van der Waals surface area contributed by atoms with Gasteiger partial charge >= 0.3 is 0 Å². The summed E-state index contributed by atoms with van der Waals surface area (Å²) in [6, 6.07) is 0.861. The molecule has 1 amide bonds. The van der Waals surface area contributed by atoms with Crippen LogP contribution in [0.3, 0.4) is 0 Å². The Kier molecular flexibility index (Phi) is 3.88. The van der Waals surface area contributed by atoms with E-state index in [0.29, 0.717) is 22.6 Å². The highest BCUT2D eigenvalue weighted by Gasteiger charge is 2.43. The van der Waals surface area contributed by atoms with E-state index in [0.717, 1.165) is 5.82 Å². The van der Waals surface area contributed by atoms with Gasteiger partial charge < -0.3 is 4.90 Å². The molecule has 3 atom stereocenters. The second-order valence-corrected chi connectivity index (χ2v) is 6.44. The van der Waals surface area contributed by atoms with Crippen molar-refractivity contribution in [3.8, 4) is 0 Å². The number of carbonyl (C=O) groups is 1. The largest absolute Gasteiger partial charge is 0.327 e. The summed E-state index contributed by atoms with van der Waals surface area (Å²) in [6.45, 7) is 6.43. The van der Waals surface area contributed by atoms with Crippen molar-refractivity contribution in [2.75, 3.05) is 0 Å². The monoisotopic (exact) mass is 238 g/mol. The van der Waals surface area contributed by atoms with Crippen LogP contribution in [0.25, 0.3) is 0 Å². The predicted molar refractivity (Wildman–Crippen MR) is 71.4 cm³/mol. The molecule has 0 bridgehead atoms. The van der Waals surface area contributed by atoms with Crippen LogP contribution in [-0.4, -0.2) is 34.8 Å². The SMILES string of the molecule is C[B]C1CCCC2C(C1)SC(=O)N2C(C)C. The molecule has 4 heteroatoms. The lowest BCUT2D eigenvalue weighted by molar-refractivity contribution is 0.180. The van der Waals surface area contributed by atoms with Crippen LogP contribution in [0.5, 0.6) is 0 Å². The van der Waals surface area contributed by atoms with Gasteiger partial charge in [0.25, 0.3) is 5.24 Å². The zero-order valence-corrected chi connectivity index (χ0v) is 11.3. The Morgan fingerprint density at radius 3 is 2.81 bits per heavy atom. The summed E-state index contributed by atoms with van der Waals surface area (Å²) in [4.78, 5) is 14.1. The van der Waals surface area contributed by atoms with Crippen molar-refractivity contribution in [1.82, 2.24) is 4.90 Å². The van der Waals surface area contributed by atoms with Gasteiger partial charge in [-0.15, -0.1) is 0 Å². The van der Waals surface area contributed by atoms with Crippen molar-refractivity contribution < 1.29 is 4.79 Å². The number of carbonyl (C=O) groups excluding carboxylic acids is 1. The summed E-state index contributed by atoms with van der Waals surface area (Å²) < 4.78 is 0. The van der Waals surface area contributed by atoms with Gasteiger partial charge in [-0.25, -0.2) is 0 Å². The average molecular weight is 238 g/mol. The fourth-order valence-corrected chi connectivity index (χ4v) is 4.51. The third-order valence-electron chi connectivity index (χ3n) is 3.89. The van der Waals surface area contributed by atoms with Gasteiger partial charge in [0, 0.05) is 17.3 Å². The van der Waals surface area contributed by atoms with E-state index in [1.807, 2.05) is 0 Å². The first-order valence-corrected chi connectivity index (χ1v) is 7.30. The van der Waals surface area contributed by atoms with Crippen molar-refractivity contribution in [1.29, 1.82) is 0 Å². The minimum absolute atomic E-state index is 0.307. The highest BCUT2D eigenvalue weighted by molar-refractivity contribution is 8.14. The molecule has 1 aliphatic heterocycles. The molecule has 1 heterocycles. The minimum Gasteiger partial charge on any atom is -0.327 e. The van der Waals surface area contributed by atoms with E-state index in [1.165, 1.54) is 25.7 Å². The third kappa shape index (κ3) is 2.27. The molecule has 1 radical (unpaired) electrons. The molecule has 16 heavy (non-hydrogen) atoms. The number of hydrogen-bond donors (Lipinski definition) is 0. The molecule has 2 fully saturated rings. The van der Waals surface area contributed by atoms with Gasteiger partial charge in [0.05, 0.1) is 0 Å². The molecule has 0 aromatic heterocycles. The lowest BCUT2D eigenvalue weighted by atomic mass is 9.63. The summed E-state index contributed by atoms with van der Waals surface area (Å²) in [6.07, 6.45) is 4.98. The van der Waals surface area contributed by atoms with Crippen molar-refractivity contribution in [2.45, 2.75) is 69.5 Å². The summed E-state index contributed by atoms with van der Waals surface area (Å²) in [5, 5.41) is 0.848. The van der Waals surface area contributed by atoms with E-state index >= 15 is 0 Å². The molecule has 1 saturated carbocycles. The van der Waals surface area contributed by atoms with E-state index in [-0.39, 0.29) is 0 Å². The van der Waals surface area contributed by atoms with E-state index < -0.39 is 0 Å². The van der Waals surface area contributed by atoms with Crippen LogP contribution in [0, 0.1) is 0 Å². The number of thioether (sulfide) groups is 1. The lowest BCUT2D eigenvalue weighted by Crippen LogP contribution is -2.40. The van der Waals surface area contributed by atoms with Crippen molar-refractivity contribution in [2.24, 2.45) is 0 Å². The predicted octanol–water partition coefficient (Wildman–Crippen LogP) is 3.42. The highest BCUT2D eigenvalue weighted by atomic mass is 32.2. The third-order valence-corrected chi connectivity index (χ3v) is 5.11. The van der Waals surface area contributed by atoms with Crippen LogP contribution < -0.4 is 0 Å². The second kappa shape index (κ2) is 5.03. The van der Waals surface area contributed by atoms with Crippen LogP contribution in [0.4, 0.5) is 4.79 Å². The van der Waals surface area contributed by atoms with Crippen molar-refractivity contribution in [3.05, 3.63) is 0 Å². The quantitative estimate of drug-likeness (QED) is 0.687. The number of rotatable bonds is 2. The zero-order valence-electron chi connectivity index (χ0n) is 10.5. The molecule has 2 nitrogen and oxygen atoms in total. The first-order valence-electron chi connectivity index (χ1n) is 6.42. The summed E-state index contributed by atoms with van der Waals surface area (Å²) in [5.74, 6) is 0.724. The molecule has 1 aliphatic carbocycles. The first kappa shape index (κ1) is 12.3. The number of nitrogens with zero attached hydrogens (tertiary/aromatic N) is 1. The van der Waals surface area contributed by atoms with Crippen LogP contribution in [0.15, 0.2) is 0 Å². The van der Waals surface area contributed by atoms with Crippen LogP contribution in [-0.2, 0) is 0 Å². The number of fused-ring (bicyclic) bond motifs is 1. The van der Waals surface area contributed by atoms with Crippen LogP contribution in [0.1, 0.15) is 39.5 Å². The molecular formula is C12H21BNOS. The Hall–Kier alpha value is -0.115. The summed E-state index contributed by atoms with van der Waals surface area (Å²) >= 11 is 1.59. The van der Waals surface area contributed by atoms with Crippen molar-refractivity contribution in [3.63, 3.8) is 0 Å². The van der Waals surface area contributed by atoms with Crippen molar-refractivity contribution >= 4 is 24.3 Å². The first-order chi connectivity index (χ1) is 7.63. The molecular weight excluding hydrogens is 217 g/mol. The molecule has 0 aromatic rings. The van der Waals surface area contributed by atoms with Gasteiger partial charge in [0.1, 0.15) is 7.28 Å². The molecule has 0 aromatic carbocycles. The van der Waals surface area contributed by atoms with E-state index in [4.69, 9.17) is 0 Å². The van der Waals surface area contributed by atoms with Gasteiger partial charge in [-0.3, -0.25) is 4.79 Å². The molecule has 0 spiro atoms. The normalized spacial score (nSPS) is 35.1. The topological polar surface area (TPSA) is 20.3 Å². The van der Waals surface area contributed by atoms with Gasteiger partial charge in [-0.05, 0) is 26.7 Å². The fourth-order valence-electron chi connectivity index (χ4n) is 3.02. The standard InChI is InChI=1S/C12H21BNOS/c1-8(2)14-10-6-4-5-9(13-3)7-11(10)16-12(14)15/h8-11H,4-7H2,1-3H3. The highest BCUT2D eigenvalue weighted by Crippen LogP contribution is 2.43. The van der Waals surface area contributed by atoms with E-state index in [9.17, 15) is 4.79 Å². The molecule has 0 N–H and O–H groups in total. The Balaban J connectivity index is 2.11. The second-order valence-electron chi connectivity index (χ2n) is 5.25. The minimum atomic E-state index is 0.307. The van der Waals surface area contributed by atoms with Gasteiger partial charge in [0.15, 0.2) is 0 Å². The summed E-state index contributed by atoms with van der Waals surface area (Å²) in [7, 11) is 2.32. The zero-order chi connectivity index (χ0) is 11.7. The Labute approximate surface area is 104 Å². The Bertz CT molecular complexity index is 272. The van der Waals surface area contributed by atoms with E-state index in [1.54, 1.807) is 11.8 Å². The molecule has 1 saturated heterocycles. The van der Waals surface area contributed by atoms with E-state index in [2.05, 4.69) is 32.8 Å². The average Bonchev–Trinajstić information content (AvgIpc) is 2.42. The van der Waals surface area contributed by atoms with Crippen LogP contribution in [0.2, 0.25) is 12.6 Å². The smallest absolute Gasteiger partial charge is 0.282 e. The van der Waals surface area contributed by atoms with Gasteiger partial charge in [-0.1, -0.05) is 37.2 Å². The molecule has 2 rings (SSSR count). The van der Waals surface area contributed by atoms with Crippen LogP contribution >= 0.6 is 11.8 Å². The Morgan fingerprint density at radius 1 is 1.44 bits per heavy atom. The van der Waals surface area contributed by atoms with Gasteiger partial charge in [-0.2, -0.15) is 0 Å². The molecule has 2 aliphatic rings. The maximum Gasteiger partial charge on any atom is 0.282 e. The lowest BCUT2D eigenvalue weighted by Gasteiger charge is -2.29. The Morgan fingerprint density at radius 2 is 2.19 bits per heavy atom. The number of hydrogen-bond acceptors (Lipinski definition) is 2. The molecule has 3 unspecified atom stereocenters. The fraction of sp³-hybridized carbons (Fsp3) is 0.917. The number of amides is 1. The summed E-state index contributed by atoms with van der Waals surface area (Å²) in [5.41, 5.74) is 0. The van der Waals surface area contributed by atoms with Gasteiger partial charge in [0.2, 0.25) is 0 Å².